The predicted molar refractivity (Wildman–Crippen MR) is 80.7 cm³/mol. The monoisotopic (exact) mass is 294 g/mol. The quantitative estimate of drug-likeness (QED) is 0.910. The summed E-state index contributed by atoms with van der Waals surface area (Å²) in [5.74, 6) is 0.862. The van der Waals surface area contributed by atoms with Gasteiger partial charge in [0.25, 0.3) is 5.91 Å². The van der Waals surface area contributed by atoms with E-state index in [1.54, 1.807) is 7.11 Å². The lowest BCUT2D eigenvalue weighted by Gasteiger charge is -2.38. The number of methoxy groups -OCH3 is 1. The molecule has 0 bridgehead atoms. The number of nitrogens with zero attached hydrogens (tertiary/aromatic N) is 1. The highest BCUT2D eigenvalue weighted by atomic mass is 32.1. The molecule has 1 aromatic rings. The second-order valence-electron chi connectivity index (χ2n) is 5.97. The van der Waals surface area contributed by atoms with Crippen LogP contribution in [-0.2, 0) is 0 Å². The summed E-state index contributed by atoms with van der Waals surface area (Å²) in [5, 5.41) is 3.46. The van der Waals surface area contributed by atoms with Gasteiger partial charge in [-0.05, 0) is 44.2 Å². The van der Waals surface area contributed by atoms with Crippen molar-refractivity contribution in [2.24, 2.45) is 5.41 Å². The van der Waals surface area contributed by atoms with Crippen LogP contribution >= 0.6 is 11.3 Å². The van der Waals surface area contributed by atoms with Crippen molar-refractivity contribution in [2.75, 3.05) is 33.3 Å². The predicted octanol–water partition coefficient (Wildman–Crippen LogP) is 2.28. The molecule has 0 aliphatic carbocycles. The van der Waals surface area contributed by atoms with Gasteiger partial charge >= 0.3 is 0 Å². The molecule has 0 radical (unpaired) electrons. The maximum absolute atomic E-state index is 12.6. The molecule has 4 nitrogen and oxygen atoms in total. The lowest BCUT2D eigenvalue weighted by molar-refractivity contribution is 0.0609. The van der Waals surface area contributed by atoms with E-state index in [1.807, 2.05) is 17.9 Å². The minimum atomic E-state index is 0.140. The first-order chi connectivity index (χ1) is 9.63. The zero-order valence-electron chi connectivity index (χ0n) is 12.2. The minimum absolute atomic E-state index is 0.140. The summed E-state index contributed by atoms with van der Waals surface area (Å²) < 4.78 is 5.32. The largest absolute Gasteiger partial charge is 0.495 e. The number of rotatable bonds is 2. The molecule has 1 spiro atoms. The molecular formula is C15H22N2O2S. The number of nitrogens with one attached hydrogen (secondary N) is 1. The summed E-state index contributed by atoms with van der Waals surface area (Å²) in [6.07, 6.45) is 3.51. The molecule has 5 heteroatoms. The normalized spacial score (nSPS) is 21.4. The third-order valence-electron chi connectivity index (χ3n) is 4.68. The van der Waals surface area contributed by atoms with Crippen molar-refractivity contribution in [3.8, 4) is 5.75 Å². The van der Waals surface area contributed by atoms with Crippen LogP contribution in [0.3, 0.4) is 0 Å². The van der Waals surface area contributed by atoms with E-state index < -0.39 is 0 Å². The molecule has 2 aliphatic heterocycles. The van der Waals surface area contributed by atoms with Gasteiger partial charge in [0, 0.05) is 24.5 Å². The van der Waals surface area contributed by atoms with Gasteiger partial charge in [0.1, 0.15) is 10.6 Å². The molecule has 1 amide bonds. The molecule has 0 unspecified atom stereocenters. The van der Waals surface area contributed by atoms with Gasteiger partial charge in [0.2, 0.25) is 0 Å². The molecule has 0 saturated carbocycles. The smallest absolute Gasteiger partial charge is 0.267 e. The summed E-state index contributed by atoms with van der Waals surface area (Å²) in [7, 11) is 1.63. The van der Waals surface area contributed by atoms with Crippen molar-refractivity contribution in [3.05, 3.63) is 15.8 Å². The number of aryl methyl sites for hydroxylation is 1. The highest BCUT2D eigenvalue weighted by molar-refractivity contribution is 7.14. The first kappa shape index (κ1) is 13.9. The third-order valence-corrected chi connectivity index (χ3v) is 5.70. The first-order valence-corrected chi connectivity index (χ1v) is 8.10. The molecule has 2 fully saturated rings. The minimum Gasteiger partial charge on any atom is -0.495 e. The molecule has 1 N–H and O–H groups in total. The number of ether oxygens (including phenoxy) is 1. The highest BCUT2D eigenvalue weighted by Gasteiger charge is 2.38. The lowest BCUT2D eigenvalue weighted by atomic mass is 9.78. The van der Waals surface area contributed by atoms with Crippen LogP contribution in [0, 0.1) is 12.3 Å². The van der Waals surface area contributed by atoms with Crippen LogP contribution in [0.1, 0.15) is 33.8 Å². The molecule has 3 rings (SSSR count). The van der Waals surface area contributed by atoms with Crippen LogP contribution in [0.15, 0.2) is 6.07 Å². The Balaban J connectivity index is 1.69. The number of hydrogen-bond donors (Lipinski definition) is 1. The van der Waals surface area contributed by atoms with Crippen molar-refractivity contribution in [1.82, 2.24) is 10.2 Å². The topological polar surface area (TPSA) is 41.6 Å². The molecule has 3 heterocycles. The summed E-state index contributed by atoms with van der Waals surface area (Å²) >= 11 is 1.54. The Hall–Kier alpha value is -1.07. The Morgan fingerprint density at radius 2 is 2.15 bits per heavy atom. The van der Waals surface area contributed by atoms with Gasteiger partial charge < -0.3 is 15.0 Å². The van der Waals surface area contributed by atoms with Crippen molar-refractivity contribution in [1.29, 1.82) is 0 Å². The van der Waals surface area contributed by atoms with E-state index in [0.29, 0.717) is 5.41 Å². The maximum Gasteiger partial charge on any atom is 0.267 e. The van der Waals surface area contributed by atoms with E-state index in [9.17, 15) is 4.79 Å². The lowest BCUT2D eigenvalue weighted by Crippen LogP contribution is -2.43. The van der Waals surface area contributed by atoms with Crippen LogP contribution in [0.5, 0.6) is 5.75 Å². The van der Waals surface area contributed by atoms with Crippen molar-refractivity contribution >= 4 is 17.2 Å². The zero-order chi connectivity index (χ0) is 14.2. The van der Waals surface area contributed by atoms with Gasteiger partial charge in [-0.1, -0.05) is 0 Å². The first-order valence-electron chi connectivity index (χ1n) is 7.28. The van der Waals surface area contributed by atoms with Crippen LogP contribution in [-0.4, -0.2) is 44.1 Å². The van der Waals surface area contributed by atoms with Crippen LogP contribution in [0.2, 0.25) is 0 Å². The van der Waals surface area contributed by atoms with Gasteiger partial charge in [-0.15, -0.1) is 11.3 Å². The number of carbonyl (C=O) groups is 1. The maximum atomic E-state index is 12.6. The molecular weight excluding hydrogens is 272 g/mol. The fourth-order valence-electron chi connectivity index (χ4n) is 3.34. The summed E-state index contributed by atoms with van der Waals surface area (Å²) in [4.78, 5) is 16.5. The summed E-state index contributed by atoms with van der Waals surface area (Å²) in [5.41, 5.74) is 0.451. The molecule has 1 aromatic heterocycles. The van der Waals surface area contributed by atoms with E-state index in [2.05, 4.69) is 5.32 Å². The SMILES string of the molecule is COc1cc(C)sc1C(=O)N1CCC2(CCNC2)CC1. The van der Waals surface area contributed by atoms with Gasteiger partial charge in [-0.2, -0.15) is 0 Å². The fourth-order valence-corrected chi connectivity index (χ4v) is 4.29. The molecule has 110 valence electrons. The number of thiophene rings is 1. The van der Waals surface area contributed by atoms with Crippen LogP contribution in [0.25, 0.3) is 0 Å². The number of likely N-dealkylation sites (tertiary alicyclic amines) is 1. The second kappa shape index (κ2) is 5.37. The molecule has 0 atom stereocenters. The van der Waals surface area contributed by atoms with E-state index in [-0.39, 0.29) is 5.91 Å². The Bertz CT molecular complexity index is 496. The van der Waals surface area contributed by atoms with E-state index >= 15 is 0 Å². The Labute approximate surface area is 124 Å². The van der Waals surface area contributed by atoms with E-state index in [0.717, 1.165) is 54.5 Å². The Morgan fingerprint density at radius 3 is 2.75 bits per heavy atom. The van der Waals surface area contributed by atoms with Gasteiger partial charge in [0.05, 0.1) is 7.11 Å². The van der Waals surface area contributed by atoms with Gasteiger partial charge in [-0.25, -0.2) is 0 Å². The zero-order valence-corrected chi connectivity index (χ0v) is 13.0. The summed E-state index contributed by atoms with van der Waals surface area (Å²) in [6, 6.07) is 1.95. The molecule has 2 saturated heterocycles. The van der Waals surface area contributed by atoms with Crippen molar-refractivity contribution in [3.63, 3.8) is 0 Å². The third kappa shape index (κ3) is 2.44. The van der Waals surface area contributed by atoms with E-state index in [1.165, 1.54) is 17.8 Å². The average molecular weight is 294 g/mol. The molecule has 20 heavy (non-hydrogen) atoms. The standard InChI is InChI=1S/C15H22N2O2S/c1-11-9-12(19-2)13(20-11)14(18)17-7-4-15(5-8-17)3-6-16-10-15/h9,16H,3-8,10H2,1-2H3. The number of amides is 1. The number of piperidine rings is 1. The van der Waals surface area contributed by atoms with Crippen molar-refractivity contribution < 1.29 is 9.53 Å². The van der Waals surface area contributed by atoms with Crippen LogP contribution in [0.4, 0.5) is 0 Å². The van der Waals surface area contributed by atoms with Gasteiger partial charge in [-0.3, -0.25) is 4.79 Å². The fraction of sp³-hybridized carbons (Fsp3) is 0.667. The average Bonchev–Trinajstić information content (AvgIpc) is 3.06. The summed E-state index contributed by atoms with van der Waals surface area (Å²) in [6.45, 7) is 6.02. The van der Waals surface area contributed by atoms with Crippen LogP contribution < -0.4 is 10.1 Å². The Kier molecular flexibility index (Phi) is 3.73. The number of carbonyl (C=O) groups excluding carboxylic acids is 1. The highest BCUT2D eigenvalue weighted by Crippen LogP contribution is 2.38. The molecule has 2 aliphatic rings. The second-order valence-corrected chi connectivity index (χ2v) is 7.23. The van der Waals surface area contributed by atoms with Crippen molar-refractivity contribution in [2.45, 2.75) is 26.2 Å². The van der Waals surface area contributed by atoms with E-state index in [4.69, 9.17) is 4.74 Å². The Morgan fingerprint density at radius 1 is 1.40 bits per heavy atom. The van der Waals surface area contributed by atoms with Gasteiger partial charge in [0.15, 0.2) is 0 Å². The molecule has 0 aromatic carbocycles. The number of hydrogen-bond acceptors (Lipinski definition) is 4.